The molecule has 5 heteroatoms. The molecular formula is C17H20FNO2S. The first-order chi connectivity index (χ1) is 10.4. The van der Waals surface area contributed by atoms with Crippen LogP contribution in [0, 0.1) is 11.2 Å². The van der Waals surface area contributed by atoms with Gasteiger partial charge in [-0.2, -0.15) is 0 Å². The summed E-state index contributed by atoms with van der Waals surface area (Å²) in [7, 11) is 0. The maximum Gasteiger partial charge on any atom is 0.309 e. The quantitative estimate of drug-likeness (QED) is 0.753. The molecule has 0 saturated heterocycles. The number of carboxylic acid groups (broad SMARTS) is 1. The molecule has 0 radical (unpaired) electrons. The number of aliphatic carboxylic acids is 1. The molecule has 22 heavy (non-hydrogen) atoms. The zero-order chi connectivity index (χ0) is 16.2. The number of rotatable bonds is 7. The van der Waals surface area contributed by atoms with Gasteiger partial charge in [-0.1, -0.05) is 18.2 Å². The summed E-state index contributed by atoms with van der Waals surface area (Å²) >= 11 is 1.55. The van der Waals surface area contributed by atoms with Crippen molar-refractivity contribution in [1.29, 1.82) is 0 Å². The third-order valence-electron chi connectivity index (χ3n) is 3.61. The lowest BCUT2D eigenvalue weighted by atomic mass is 9.90. The van der Waals surface area contributed by atoms with Gasteiger partial charge in [0, 0.05) is 21.9 Å². The SMILES string of the molecule is CC(C)(CCNCc1ccc(-c2ccccc2F)s1)C(=O)O. The van der Waals surface area contributed by atoms with Crippen molar-refractivity contribution in [1.82, 2.24) is 5.32 Å². The molecule has 0 atom stereocenters. The molecule has 0 spiro atoms. The lowest BCUT2D eigenvalue weighted by molar-refractivity contribution is -0.147. The molecule has 0 bridgehead atoms. The number of hydrogen-bond acceptors (Lipinski definition) is 3. The molecule has 0 aliphatic rings. The van der Waals surface area contributed by atoms with Crippen LogP contribution in [0.15, 0.2) is 36.4 Å². The molecule has 2 rings (SSSR count). The zero-order valence-electron chi connectivity index (χ0n) is 12.7. The first-order valence-electron chi connectivity index (χ1n) is 7.18. The molecule has 0 amide bonds. The molecule has 0 aliphatic heterocycles. The van der Waals surface area contributed by atoms with E-state index in [-0.39, 0.29) is 5.82 Å². The number of carbonyl (C=O) groups is 1. The van der Waals surface area contributed by atoms with E-state index in [0.29, 0.717) is 25.1 Å². The van der Waals surface area contributed by atoms with Crippen LogP contribution in [0.3, 0.4) is 0 Å². The summed E-state index contributed by atoms with van der Waals surface area (Å²) in [5, 5.41) is 12.3. The summed E-state index contributed by atoms with van der Waals surface area (Å²) in [6, 6.07) is 10.6. The number of hydrogen-bond donors (Lipinski definition) is 2. The maximum absolute atomic E-state index is 13.7. The molecule has 2 aromatic rings. The molecule has 1 aromatic carbocycles. The predicted molar refractivity (Wildman–Crippen MR) is 87.5 cm³/mol. The van der Waals surface area contributed by atoms with Crippen molar-refractivity contribution in [3.63, 3.8) is 0 Å². The summed E-state index contributed by atoms with van der Waals surface area (Å²) in [4.78, 5) is 13.0. The van der Waals surface area contributed by atoms with Crippen LogP contribution in [-0.2, 0) is 11.3 Å². The smallest absolute Gasteiger partial charge is 0.309 e. The van der Waals surface area contributed by atoms with Gasteiger partial charge in [-0.05, 0) is 45.0 Å². The largest absolute Gasteiger partial charge is 0.481 e. The fourth-order valence-corrected chi connectivity index (χ4v) is 3.00. The van der Waals surface area contributed by atoms with E-state index in [1.165, 1.54) is 6.07 Å². The van der Waals surface area contributed by atoms with Crippen LogP contribution in [0.4, 0.5) is 4.39 Å². The van der Waals surface area contributed by atoms with Crippen LogP contribution in [0.5, 0.6) is 0 Å². The Morgan fingerprint density at radius 2 is 2.00 bits per heavy atom. The van der Waals surface area contributed by atoms with Gasteiger partial charge in [-0.25, -0.2) is 4.39 Å². The Hall–Kier alpha value is -1.72. The van der Waals surface area contributed by atoms with E-state index in [9.17, 15) is 9.18 Å². The first-order valence-corrected chi connectivity index (χ1v) is 7.99. The van der Waals surface area contributed by atoms with Gasteiger partial charge in [0.15, 0.2) is 0 Å². The number of benzene rings is 1. The molecule has 3 nitrogen and oxygen atoms in total. The van der Waals surface area contributed by atoms with Crippen molar-refractivity contribution in [2.45, 2.75) is 26.8 Å². The van der Waals surface area contributed by atoms with Gasteiger partial charge in [-0.3, -0.25) is 4.79 Å². The average Bonchev–Trinajstić information content (AvgIpc) is 2.92. The van der Waals surface area contributed by atoms with Gasteiger partial charge in [0.1, 0.15) is 5.82 Å². The first kappa shape index (κ1) is 16.6. The second-order valence-corrected chi connectivity index (χ2v) is 7.03. The molecular weight excluding hydrogens is 301 g/mol. The van der Waals surface area contributed by atoms with Crippen molar-refractivity contribution in [2.75, 3.05) is 6.54 Å². The van der Waals surface area contributed by atoms with E-state index < -0.39 is 11.4 Å². The molecule has 118 valence electrons. The zero-order valence-corrected chi connectivity index (χ0v) is 13.5. The van der Waals surface area contributed by atoms with Crippen LogP contribution >= 0.6 is 11.3 Å². The predicted octanol–water partition coefficient (Wildman–Crippen LogP) is 4.14. The van der Waals surface area contributed by atoms with Gasteiger partial charge in [-0.15, -0.1) is 11.3 Å². The van der Waals surface area contributed by atoms with E-state index in [1.807, 2.05) is 18.2 Å². The van der Waals surface area contributed by atoms with E-state index in [1.54, 1.807) is 37.3 Å². The Labute approximate surface area is 133 Å². The van der Waals surface area contributed by atoms with Crippen LogP contribution in [0.2, 0.25) is 0 Å². The molecule has 1 heterocycles. The lowest BCUT2D eigenvalue weighted by Crippen LogP contribution is -2.28. The van der Waals surface area contributed by atoms with Crippen LogP contribution in [0.1, 0.15) is 25.1 Å². The van der Waals surface area contributed by atoms with E-state index in [2.05, 4.69) is 5.32 Å². The van der Waals surface area contributed by atoms with Crippen molar-refractivity contribution in [3.05, 3.63) is 47.1 Å². The van der Waals surface area contributed by atoms with Gasteiger partial charge in [0.2, 0.25) is 0 Å². The maximum atomic E-state index is 13.7. The Morgan fingerprint density at radius 1 is 1.27 bits per heavy atom. The minimum absolute atomic E-state index is 0.216. The van der Waals surface area contributed by atoms with Gasteiger partial charge < -0.3 is 10.4 Å². The highest BCUT2D eigenvalue weighted by Crippen LogP contribution is 2.30. The number of carboxylic acids is 1. The number of nitrogens with one attached hydrogen (secondary N) is 1. The van der Waals surface area contributed by atoms with E-state index >= 15 is 0 Å². The fraction of sp³-hybridized carbons (Fsp3) is 0.353. The van der Waals surface area contributed by atoms with Crippen molar-refractivity contribution >= 4 is 17.3 Å². The lowest BCUT2D eigenvalue weighted by Gasteiger charge is -2.18. The van der Waals surface area contributed by atoms with Crippen molar-refractivity contribution in [2.24, 2.45) is 5.41 Å². The minimum atomic E-state index is -0.785. The fourth-order valence-electron chi connectivity index (χ4n) is 2.00. The van der Waals surface area contributed by atoms with Crippen LogP contribution < -0.4 is 5.32 Å². The highest BCUT2D eigenvalue weighted by molar-refractivity contribution is 7.15. The monoisotopic (exact) mass is 321 g/mol. The normalized spacial score (nSPS) is 11.6. The minimum Gasteiger partial charge on any atom is -0.481 e. The molecule has 2 N–H and O–H groups in total. The number of halogens is 1. The third-order valence-corrected chi connectivity index (χ3v) is 4.72. The molecule has 0 saturated carbocycles. The topological polar surface area (TPSA) is 49.3 Å². The Morgan fingerprint density at radius 3 is 2.68 bits per heavy atom. The second-order valence-electron chi connectivity index (χ2n) is 5.86. The van der Waals surface area contributed by atoms with Crippen molar-refractivity contribution < 1.29 is 14.3 Å². The van der Waals surface area contributed by atoms with Gasteiger partial charge in [0.05, 0.1) is 5.41 Å². The van der Waals surface area contributed by atoms with Crippen LogP contribution in [0.25, 0.3) is 10.4 Å². The highest BCUT2D eigenvalue weighted by Gasteiger charge is 2.26. The number of thiophene rings is 1. The van der Waals surface area contributed by atoms with Crippen LogP contribution in [-0.4, -0.2) is 17.6 Å². The summed E-state index contributed by atoms with van der Waals surface area (Å²) < 4.78 is 13.7. The summed E-state index contributed by atoms with van der Waals surface area (Å²) in [6.45, 7) is 4.73. The average molecular weight is 321 g/mol. The highest BCUT2D eigenvalue weighted by atomic mass is 32.1. The Kier molecular flexibility index (Phi) is 5.32. The molecule has 0 unspecified atom stereocenters. The summed E-state index contributed by atoms with van der Waals surface area (Å²) in [5.41, 5.74) is -0.105. The standard InChI is InChI=1S/C17H20FNO2S/c1-17(2,16(20)21)9-10-19-11-12-7-8-15(22-12)13-5-3-4-6-14(13)18/h3-8,19H,9-11H2,1-2H3,(H,20,21). The van der Waals surface area contributed by atoms with Crippen molar-refractivity contribution in [3.8, 4) is 10.4 Å². The third kappa shape index (κ3) is 4.15. The summed E-state index contributed by atoms with van der Waals surface area (Å²) in [6.07, 6.45) is 0.563. The van der Waals surface area contributed by atoms with Gasteiger partial charge in [0.25, 0.3) is 0 Å². The van der Waals surface area contributed by atoms with E-state index in [0.717, 1.165) is 9.75 Å². The Balaban J connectivity index is 1.88. The van der Waals surface area contributed by atoms with Gasteiger partial charge >= 0.3 is 5.97 Å². The molecule has 0 aliphatic carbocycles. The second kappa shape index (κ2) is 7.03. The summed E-state index contributed by atoms with van der Waals surface area (Å²) in [5.74, 6) is -1.00. The van der Waals surface area contributed by atoms with E-state index in [4.69, 9.17) is 5.11 Å². The molecule has 0 fully saturated rings. The Bertz CT molecular complexity index is 652. The molecule has 1 aromatic heterocycles.